The van der Waals surface area contributed by atoms with Crippen LogP contribution in [0.2, 0.25) is 5.15 Å². The van der Waals surface area contributed by atoms with Crippen LogP contribution in [-0.4, -0.2) is 86.9 Å². The fraction of sp³-hybridized carbons (Fsp3) is 0.630. The van der Waals surface area contributed by atoms with Gasteiger partial charge in [-0.1, -0.05) is 23.8 Å². The van der Waals surface area contributed by atoms with E-state index in [2.05, 4.69) is 26.3 Å². The average Bonchev–Trinajstić information content (AvgIpc) is 3.46. The zero-order chi connectivity index (χ0) is 26.8. The second-order valence-electron chi connectivity index (χ2n) is 12.1. The fourth-order valence-electron chi connectivity index (χ4n) is 6.64. The fourth-order valence-corrected chi connectivity index (χ4v) is 6.78. The maximum absolute atomic E-state index is 15.2. The molecule has 2 bridgehead atoms. The summed E-state index contributed by atoms with van der Waals surface area (Å²) in [6.07, 6.45) is 5.97. The molecule has 2 aromatic heterocycles. The Morgan fingerprint density at radius 2 is 2.00 bits per heavy atom. The number of carbonyl (C=O) groups is 1. The number of hydrogen-bond donors (Lipinski definition) is 0. The van der Waals surface area contributed by atoms with Gasteiger partial charge in [0.05, 0.1) is 23.0 Å². The standard InChI is InChI=1S/C27H34ClFN6O3/c1-16-10-27(8-5-9-34(27)12-16)15-37-24-31-21-19(11-30-22(28)20(21)29)23(32-24)33-13-17-6-7-18(14-33)35(17)25(36)38-26(2,3)4/h11,17-18H,1,5-10,12-15H2,2-4H3/t17-,18+,27-/m1/s1. The highest BCUT2D eigenvalue weighted by atomic mass is 35.5. The molecule has 0 aliphatic carbocycles. The van der Waals surface area contributed by atoms with Crippen LogP contribution in [0.5, 0.6) is 6.01 Å². The van der Waals surface area contributed by atoms with Gasteiger partial charge in [-0.2, -0.15) is 9.97 Å². The van der Waals surface area contributed by atoms with Crippen LogP contribution < -0.4 is 9.64 Å². The minimum absolute atomic E-state index is 0.0291. The predicted molar refractivity (Wildman–Crippen MR) is 142 cm³/mol. The van der Waals surface area contributed by atoms with Gasteiger partial charge >= 0.3 is 12.1 Å². The Bertz CT molecular complexity index is 1290. The number of anilines is 1. The first-order chi connectivity index (χ1) is 18.0. The number of halogens is 2. The van der Waals surface area contributed by atoms with E-state index in [4.69, 9.17) is 26.1 Å². The lowest BCUT2D eigenvalue weighted by molar-refractivity contribution is 0.0122. The van der Waals surface area contributed by atoms with Crippen LogP contribution in [-0.2, 0) is 4.74 Å². The van der Waals surface area contributed by atoms with Gasteiger partial charge in [0.15, 0.2) is 11.0 Å². The van der Waals surface area contributed by atoms with Gasteiger partial charge in [-0.05, 0) is 59.4 Å². The summed E-state index contributed by atoms with van der Waals surface area (Å²) in [5.41, 5.74) is 0.618. The first-order valence-electron chi connectivity index (χ1n) is 13.4. The van der Waals surface area contributed by atoms with Crippen molar-refractivity contribution in [3.8, 4) is 6.01 Å². The van der Waals surface area contributed by atoms with E-state index in [1.54, 1.807) is 0 Å². The minimum atomic E-state index is -0.692. The Balaban J connectivity index is 1.30. The Morgan fingerprint density at radius 3 is 2.71 bits per heavy atom. The van der Waals surface area contributed by atoms with Gasteiger partial charge in [-0.15, -0.1) is 0 Å². The zero-order valence-electron chi connectivity index (χ0n) is 22.2. The Hall–Kier alpha value is -2.72. The third kappa shape index (κ3) is 4.45. The molecule has 4 saturated heterocycles. The number of pyridine rings is 1. The molecular weight excluding hydrogens is 511 g/mol. The molecule has 11 heteroatoms. The molecule has 4 aliphatic heterocycles. The van der Waals surface area contributed by atoms with Crippen LogP contribution >= 0.6 is 11.6 Å². The molecule has 1 amide bonds. The van der Waals surface area contributed by atoms with E-state index in [-0.39, 0.29) is 40.4 Å². The summed E-state index contributed by atoms with van der Waals surface area (Å²) in [7, 11) is 0. The Labute approximate surface area is 226 Å². The molecule has 0 aromatic carbocycles. The average molecular weight is 545 g/mol. The van der Waals surface area contributed by atoms with Crippen molar-refractivity contribution in [3.05, 3.63) is 29.3 Å². The number of aromatic nitrogens is 3. The second-order valence-corrected chi connectivity index (χ2v) is 12.5. The highest BCUT2D eigenvalue weighted by Gasteiger charge is 2.47. The maximum Gasteiger partial charge on any atom is 0.410 e. The van der Waals surface area contributed by atoms with Crippen LogP contribution in [0.25, 0.3) is 10.9 Å². The minimum Gasteiger partial charge on any atom is -0.461 e. The molecule has 0 unspecified atom stereocenters. The van der Waals surface area contributed by atoms with Gasteiger partial charge in [0, 0.05) is 25.8 Å². The van der Waals surface area contributed by atoms with Gasteiger partial charge in [0.1, 0.15) is 23.5 Å². The molecule has 3 atom stereocenters. The van der Waals surface area contributed by atoms with Crippen molar-refractivity contribution in [1.82, 2.24) is 24.8 Å². The molecule has 4 aliphatic rings. The second kappa shape index (κ2) is 9.19. The van der Waals surface area contributed by atoms with Crippen LogP contribution in [0, 0.1) is 5.82 Å². The van der Waals surface area contributed by atoms with Gasteiger partial charge in [-0.3, -0.25) is 9.80 Å². The van der Waals surface area contributed by atoms with E-state index in [0.717, 1.165) is 45.2 Å². The van der Waals surface area contributed by atoms with E-state index in [1.807, 2.05) is 25.7 Å². The summed E-state index contributed by atoms with van der Waals surface area (Å²) in [4.78, 5) is 32.6. The van der Waals surface area contributed by atoms with Crippen molar-refractivity contribution in [2.75, 3.05) is 37.7 Å². The summed E-state index contributed by atoms with van der Waals surface area (Å²) in [6.45, 7) is 13.2. The van der Waals surface area contributed by atoms with Crippen molar-refractivity contribution >= 4 is 34.4 Å². The van der Waals surface area contributed by atoms with E-state index >= 15 is 4.39 Å². The number of ether oxygens (including phenoxy) is 2. The van der Waals surface area contributed by atoms with E-state index < -0.39 is 11.4 Å². The molecule has 0 radical (unpaired) electrons. The summed E-state index contributed by atoms with van der Waals surface area (Å²) in [6, 6.07) is 0.0615. The number of hydrogen-bond acceptors (Lipinski definition) is 8. The number of nitrogens with zero attached hydrogens (tertiary/aromatic N) is 6. The van der Waals surface area contributed by atoms with Crippen molar-refractivity contribution in [1.29, 1.82) is 0 Å². The summed E-state index contributed by atoms with van der Waals surface area (Å²) in [5, 5.41) is 0.231. The maximum atomic E-state index is 15.2. The Morgan fingerprint density at radius 1 is 1.26 bits per heavy atom. The normalized spacial score (nSPS) is 27.3. The molecule has 9 nitrogen and oxygen atoms in total. The summed E-state index contributed by atoms with van der Waals surface area (Å²) in [5.74, 6) is -0.145. The van der Waals surface area contributed by atoms with Crippen LogP contribution in [0.4, 0.5) is 15.0 Å². The molecule has 38 heavy (non-hydrogen) atoms. The van der Waals surface area contributed by atoms with Crippen molar-refractivity contribution < 1.29 is 18.7 Å². The monoisotopic (exact) mass is 544 g/mol. The Kier molecular flexibility index (Phi) is 6.18. The first kappa shape index (κ1) is 25.6. The van der Waals surface area contributed by atoms with E-state index in [1.165, 1.54) is 11.8 Å². The van der Waals surface area contributed by atoms with Crippen LogP contribution in [0.15, 0.2) is 18.3 Å². The number of amides is 1. The topological polar surface area (TPSA) is 83.9 Å². The zero-order valence-corrected chi connectivity index (χ0v) is 22.9. The number of carbonyl (C=O) groups excluding carboxylic acids is 1. The molecule has 0 saturated carbocycles. The molecule has 0 N–H and O–H groups in total. The lowest BCUT2D eigenvalue weighted by atomic mass is 9.94. The lowest BCUT2D eigenvalue weighted by Crippen LogP contribution is -2.57. The first-order valence-corrected chi connectivity index (χ1v) is 13.7. The SMILES string of the molecule is C=C1CN2CCC[C@]2(COc2nc(N3C[C@H]4CC[C@@H](C3)N4C(=O)OC(C)(C)C)c3cnc(Cl)c(F)c3n2)C1. The predicted octanol–water partition coefficient (Wildman–Crippen LogP) is 4.58. The van der Waals surface area contributed by atoms with Crippen molar-refractivity contribution in [3.63, 3.8) is 0 Å². The molecule has 6 rings (SSSR count). The van der Waals surface area contributed by atoms with Crippen LogP contribution in [0.1, 0.15) is 52.9 Å². The van der Waals surface area contributed by atoms with Crippen LogP contribution in [0.3, 0.4) is 0 Å². The molecule has 4 fully saturated rings. The van der Waals surface area contributed by atoms with Crippen molar-refractivity contribution in [2.24, 2.45) is 0 Å². The van der Waals surface area contributed by atoms with Gasteiger partial charge in [0.25, 0.3) is 0 Å². The smallest absolute Gasteiger partial charge is 0.410 e. The summed E-state index contributed by atoms with van der Waals surface area (Å²) >= 11 is 6.03. The highest BCUT2D eigenvalue weighted by molar-refractivity contribution is 6.30. The molecule has 204 valence electrons. The van der Waals surface area contributed by atoms with Gasteiger partial charge in [0.2, 0.25) is 0 Å². The van der Waals surface area contributed by atoms with Gasteiger partial charge < -0.3 is 14.4 Å². The lowest BCUT2D eigenvalue weighted by Gasteiger charge is -2.42. The van der Waals surface area contributed by atoms with E-state index in [0.29, 0.717) is 30.9 Å². The number of rotatable bonds is 4. The third-order valence-corrected chi connectivity index (χ3v) is 8.46. The highest BCUT2D eigenvalue weighted by Crippen LogP contribution is 2.41. The number of piperazine rings is 1. The molecule has 0 spiro atoms. The largest absolute Gasteiger partial charge is 0.461 e. The summed E-state index contributed by atoms with van der Waals surface area (Å²) < 4.78 is 27.1. The molecule has 6 heterocycles. The van der Waals surface area contributed by atoms with E-state index in [9.17, 15) is 4.79 Å². The quantitative estimate of drug-likeness (QED) is 0.408. The number of fused-ring (bicyclic) bond motifs is 4. The van der Waals surface area contributed by atoms with Gasteiger partial charge in [-0.25, -0.2) is 14.2 Å². The van der Waals surface area contributed by atoms with Crippen molar-refractivity contribution in [2.45, 2.75) is 76.1 Å². The molecular formula is C27H34ClFN6O3. The molecule has 2 aromatic rings. The third-order valence-electron chi connectivity index (χ3n) is 8.19.